The van der Waals surface area contributed by atoms with Gasteiger partial charge in [-0.1, -0.05) is 19.3 Å². The number of nitrogens with one attached hydrogen (secondary N) is 1. The highest BCUT2D eigenvalue weighted by Gasteiger charge is 2.15. The topological polar surface area (TPSA) is 81.4 Å². The van der Waals surface area contributed by atoms with Gasteiger partial charge in [-0.3, -0.25) is 4.79 Å². The van der Waals surface area contributed by atoms with Crippen LogP contribution in [0.4, 0.5) is 5.69 Å². The van der Waals surface area contributed by atoms with Gasteiger partial charge in [0.2, 0.25) is 5.82 Å². The lowest BCUT2D eigenvalue weighted by Crippen LogP contribution is -2.15. The molecule has 27 heavy (non-hydrogen) atoms. The minimum atomic E-state index is -0.365. The third-order valence-electron chi connectivity index (χ3n) is 4.96. The van der Waals surface area contributed by atoms with Crippen molar-refractivity contribution in [1.82, 2.24) is 19.6 Å². The number of anilines is 1. The van der Waals surface area contributed by atoms with Crippen LogP contribution < -0.4 is 10.1 Å². The number of benzene rings is 1. The predicted octanol–water partition coefficient (Wildman–Crippen LogP) is 3.64. The van der Waals surface area contributed by atoms with Crippen molar-refractivity contribution in [3.63, 3.8) is 0 Å². The minimum Gasteiger partial charge on any atom is -0.493 e. The first-order valence-corrected chi connectivity index (χ1v) is 9.41. The van der Waals surface area contributed by atoms with Crippen LogP contribution in [0, 0.1) is 12.8 Å². The SMILES string of the molecule is Cc1ccnc2nc(C(=O)Nc3ccc(OCC4CCCCC4)cc3)nn12. The van der Waals surface area contributed by atoms with Crippen molar-refractivity contribution in [3.05, 3.63) is 48.0 Å². The summed E-state index contributed by atoms with van der Waals surface area (Å²) in [6.07, 6.45) is 8.13. The Morgan fingerprint density at radius 3 is 2.70 bits per heavy atom. The Bertz CT molecular complexity index is 929. The molecule has 0 unspecified atom stereocenters. The number of fused-ring (bicyclic) bond motifs is 1. The number of aromatic nitrogens is 4. The summed E-state index contributed by atoms with van der Waals surface area (Å²) in [6, 6.07) is 9.22. The van der Waals surface area contributed by atoms with Crippen LogP contribution in [0.3, 0.4) is 0 Å². The van der Waals surface area contributed by atoms with Crippen LogP contribution in [-0.2, 0) is 0 Å². The van der Waals surface area contributed by atoms with Gasteiger partial charge in [0, 0.05) is 17.6 Å². The molecule has 4 rings (SSSR count). The molecule has 1 saturated carbocycles. The maximum Gasteiger partial charge on any atom is 0.295 e. The molecule has 0 atom stereocenters. The third kappa shape index (κ3) is 4.07. The smallest absolute Gasteiger partial charge is 0.295 e. The fourth-order valence-electron chi connectivity index (χ4n) is 3.39. The van der Waals surface area contributed by atoms with Crippen molar-refractivity contribution in [3.8, 4) is 5.75 Å². The van der Waals surface area contributed by atoms with E-state index in [0.29, 0.717) is 17.4 Å². The fourth-order valence-corrected chi connectivity index (χ4v) is 3.39. The predicted molar refractivity (Wildman–Crippen MR) is 102 cm³/mol. The van der Waals surface area contributed by atoms with E-state index in [0.717, 1.165) is 18.1 Å². The Morgan fingerprint density at radius 2 is 1.96 bits per heavy atom. The lowest BCUT2D eigenvalue weighted by molar-refractivity contribution is 0.101. The fraction of sp³-hybridized carbons (Fsp3) is 0.400. The zero-order valence-electron chi connectivity index (χ0n) is 15.4. The van der Waals surface area contributed by atoms with Crippen LogP contribution in [0.15, 0.2) is 36.5 Å². The Labute approximate surface area is 157 Å². The number of nitrogens with zero attached hydrogens (tertiary/aromatic N) is 4. The van der Waals surface area contributed by atoms with Gasteiger partial charge in [0.05, 0.1) is 6.61 Å². The van der Waals surface area contributed by atoms with Crippen molar-refractivity contribution >= 4 is 17.4 Å². The molecule has 3 aromatic rings. The number of amides is 1. The van der Waals surface area contributed by atoms with E-state index in [9.17, 15) is 4.79 Å². The van der Waals surface area contributed by atoms with Crippen LogP contribution in [0.1, 0.15) is 48.4 Å². The molecule has 2 heterocycles. The van der Waals surface area contributed by atoms with Gasteiger partial charge >= 0.3 is 0 Å². The number of carbonyl (C=O) groups is 1. The molecule has 0 aliphatic heterocycles. The molecule has 7 nitrogen and oxygen atoms in total. The van der Waals surface area contributed by atoms with Crippen molar-refractivity contribution in [2.45, 2.75) is 39.0 Å². The normalized spacial score (nSPS) is 15.0. The van der Waals surface area contributed by atoms with E-state index in [4.69, 9.17) is 4.74 Å². The molecule has 1 aliphatic rings. The maximum atomic E-state index is 12.4. The van der Waals surface area contributed by atoms with Crippen LogP contribution in [0.5, 0.6) is 5.75 Å². The summed E-state index contributed by atoms with van der Waals surface area (Å²) in [5, 5.41) is 7.02. The highest BCUT2D eigenvalue weighted by Crippen LogP contribution is 2.25. The second-order valence-corrected chi connectivity index (χ2v) is 7.03. The minimum absolute atomic E-state index is 0.0921. The largest absolute Gasteiger partial charge is 0.493 e. The van der Waals surface area contributed by atoms with Gasteiger partial charge in [0.1, 0.15) is 5.75 Å². The molecule has 1 fully saturated rings. The third-order valence-corrected chi connectivity index (χ3v) is 4.96. The van der Waals surface area contributed by atoms with E-state index in [1.165, 1.54) is 32.1 Å². The maximum absolute atomic E-state index is 12.4. The molecule has 7 heteroatoms. The zero-order chi connectivity index (χ0) is 18.6. The molecule has 0 saturated heterocycles. The first-order valence-electron chi connectivity index (χ1n) is 9.41. The lowest BCUT2D eigenvalue weighted by Gasteiger charge is -2.21. The van der Waals surface area contributed by atoms with Crippen LogP contribution in [-0.4, -0.2) is 32.1 Å². The summed E-state index contributed by atoms with van der Waals surface area (Å²) in [4.78, 5) is 20.7. The molecule has 1 aliphatic carbocycles. The summed E-state index contributed by atoms with van der Waals surface area (Å²) >= 11 is 0. The van der Waals surface area contributed by atoms with E-state index in [-0.39, 0.29) is 11.7 Å². The molecule has 140 valence electrons. The summed E-state index contributed by atoms with van der Waals surface area (Å²) in [5.41, 5.74) is 1.54. The molecular weight excluding hydrogens is 342 g/mol. The Kier molecular flexibility index (Phi) is 5.00. The van der Waals surface area contributed by atoms with Gasteiger partial charge in [0.25, 0.3) is 11.7 Å². The van der Waals surface area contributed by atoms with Gasteiger partial charge in [-0.2, -0.15) is 4.98 Å². The van der Waals surface area contributed by atoms with E-state index in [1.807, 2.05) is 37.3 Å². The summed E-state index contributed by atoms with van der Waals surface area (Å²) in [5.74, 6) is 1.62. The average molecular weight is 365 g/mol. The summed E-state index contributed by atoms with van der Waals surface area (Å²) in [7, 11) is 0. The van der Waals surface area contributed by atoms with Crippen molar-refractivity contribution in [1.29, 1.82) is 0 Å². The van der Waals surface area contributed by atoms with Gasteiger partial charge in [-0.25, -0.2) is 9.50 Å². The van der Waals surface area contributed by atoms with E-state index < -0.39 is 0 Å². The monoisotopic (exact) mass is 365 g/mol. The molecule has 1 aromatic carbocycles. The number of rotatable bonds is 5. The first-order chi connectivity index (χ1) is 13.2. The van der Waals surface area contributed by atoms with Crippen molar-refractivity contribution in [2.24, 2.45) is 5.92 Å². The molecular formula is C20H23N5O2. The molecule has 1 N–H and O–H groups in total. The Morgan fingerprint density at radius 1 is 1.19 bits per heavy atom. The summed E-state index contributed by atoms with van der Waals surface area (Å²) < 4.78 is 7.45. The highest BCUT2D eigenvalue weighted by atomic mass is 16.5. The number of ether oxygens (including phenoxy) is 1. The quantitative estimate of drug-likeness (QED) is 0.746. The number of hydrogen-bond donors (Lipinski definition) is 1. The molecule has 0 radical (unpaired) electrons. The molecule has 1 amide bonds. The molecule has 0 bridgehead atoms. The standard InChI is InChI=1S/C20H23N5O2/c1-14-11-12-21-20-23-18(24-25(14)20)19(26)22-16-7-9-17(10-8-16)27-13-15-5-3-2-4-6-15/h7-12,15H,2-6,13H2,1H3,(H,22,26). The number of hydrogen-bond acceptors (Lipinski definition) is 5. The van der Waals surface area contributed by atoms with Gasteiger partial charge < -0.3 is 10.1 Å². The van der Waals surface area contributed by atoms with Crippen molar-refractivity contribution < 1.29 is 9.53 Å². The zero-order valence-corrected chi connectivity index (χ0v) is 15.4. The first kappa shape index (κ1) is 17.5. The molecule has 2 aromatic heterocycles. The second-order valence-electron chi connectivity index (χ2n) is 7.03. The van der Waals surface area contributed by atoms with Gasteiger partial charge in [-0.15, -0.1) is 5.10 Å². The number of carbonyl (C=O) groups excluding carboxylic acids is 1. The van der Waals surface area contributed by atoms with Crippen molar-refractivity contribution in [2.75, 3.05) is 11.9 Å². The van der Waals surface area contributed by atoms with Gasteiger partial charge in [0.15, 0.2) is 0 Å². The van der Waals surface area contributed by atoms with E-state index in [2.05, 4.69) is 20.4 Å². The Balaban J connectivity index is 1.37. The molecule has 0 spiro atoms. The van der Waals surface area contributed by atoms with E-state index >= 15 is 0 Å². The van der Waals surface area contributed by atoms with Crippen LogP contribution >= 0.6 is 0 Å². The number of aryl methyl sites for hydroxylation is 1. The Hall–Kier alpha value is -2.96. The lowest BCUT2D eigenvalue weighted by atomic mass is 9.90. The van der Waals surface area contributed by atoms with Gasteiger partial charge in [-0.05, 0) is 56.0 Å². The highest BCUT2D eigenvalue weighted by molar-refractivity contribution is 6.01. The average Bonchev–Trinajstić information content (AvgIpc) is 3.14. The second kappa shape index (κ2) is 7.73. The van der Waals surface area contributed by atoms with Crippen LogP contribution in [0.25, 0.3) is 5.78 Å². The summed E-state index contributed by atoms with van der Waals surface area (Å²) in [6.45, 7) is 2.65. The van der Waals surface area contributed by atoms with Crippen LogP contribution in [0.2, 0.25) is 0 Å². The van der Waals surface area contributed by atoms with E-state index in [1.54, 1.807) is 10.7 Å².